The average molecular weight is 402 g/mol. The smallest absolute Gasteiger partial charge is 0.236 e. The molecule has 30 heavy (non-hydrogen) atoms. The fourth-order valence-corrected chi connectivity index (χ4v) is 3.73. The average Bonchev–Trinajstić information content (AvgIpc) is 3.46. The van der Waals surface area contributed by atoms with Gasteiger partial charge in [0.15, 0.2) is 6.33 Å². The number of likely N-dealkylation sites (N-methyl/N-ethyl adjacent to an activating group) is 1. The first-order chi connectivity index (χ1) is 14.5. The van der Waals surface area contributed by atoms with Crippen LogP contribution in [0, 0.1) is 6.33 Å². The van der Waals surface area contributed by atoms with Gasteiger partial charge in [0.25, 0.3) is 0 Å². The molecule has 5 aromatic rings. The summed E-state index contributed by atoms with van der Waals surface area (Å²) >= 11 is 0. The van der Waals surface area contributed by atoms with Gasteiger partial charge in [-0.2, -0.15) is 0 Å². The number of hydrogen-bond acceptors (Lipinski definition) is 6. The fourth-order valence-electron chi connectivity index (χ4n) is 3.73. The van der Waals surface area contributed by atoms with Crippen LogP contribution in [0.1, 0.15) is 5.56 Å². The lowest BCUT2D eigenvalue weighted by Gasteiger charge is -2.14. The lowest BCUT2D eigenvalue weighted by Crippen LogP contribution is -2.16. The predicted molar refractivity (Wildman–Crippen MR) is 113 cm³/mol. The summed E-state index contributed by atoms with van der Waals surface area (Å²) in [4.78, 5) is 24.2. The van der Waals surface area contributed by atoms with Crippen LogP contribution in [0.4, 0.5) is 0 Å². The van der Waals surface area contributed by atoms with Gasteiger partial charge in [0, 0.05) is 29.7 Å². The number of hydrogen-bond donors (Lipinski definition) is 5. The first kappa shape index (κ1) is 18.2. The molecule has 0 fully saturated rings. The van der Waals surface area contributed by atoms with Crippen LogP contribution in [0.2, 0.25) is 0 Å². The maximum atomic E-state index is 10.5. The van der Waals surface area contributed by atoms with E-state index in [1.807, 2.05) is 32.3 Å². The molecule has 5 aromatic heterocycles. The lowest BCUT2D eigenvalue weighted by molar-refractivity contribution is 0.414. The van der Waals surface area contributed by atoms with E-state index in [0.29, 0.717) is 40.2 Å². The molecule has 0 amide bonds. The van der Waals surface area contributed by atoms with E-state index in [0.717, 1.165) is 22.9 Å². The number of pyridine rings is 2. The maximum absolute atomic E-state index is 10.5. The quantitative estimate of drug-likeness (QED) is 0.307. The minimum Gasteiger partial charge on any atom is -0.492 e. The summed E-state index contributed by atoms with van der Waals surface area (Å²) in [7, 11) is 4.02. The minimum absolute atomic E-state index is 0.0931. The summed E-state index contributed by atoms with van der Waals surface area (Å²) < 4.78 is 0. The SMILES string of the molecule is CN(C)CCc1c(-c2n[c][nH]c2-c2cc3cc[nH]c3c(O)n2)nc(O)c2[nH]ccc12. The van der Waals surface area contributed by atoms with Gasteiger partial charge in [-0.3, -0.25) is 0 Å². The lowest BCUT2D eigenvalue weighted by atomic mass is 10.0. The van der Waals surface area contributed by atoms with Gasteiger partial charge in [-0.05, 0) is 44.3 Å². The molecular weight excluding hydrogens is 382 g/mol. The van der Waals surface area contributed by atoms with Crippen LogP contribution in [0.3, 0.4) is 0 Å². The Balaban J connectivity index is 1.72. The van der Waals surface area contributed by atoms with Crippen molar-refractivity contribution in [2.24, 2.45) is 0 Å². The van der Waals surface area contributed by atoms with E-state index in [9.17, 15) is 10.2 Å². The Morgan fingerprint density at radius 2 is 1.77 bits per heavy atom. The van der Waals surface area contributed by atoms with Gasteiger partial charge >= 0.3 is 0 Å². The van der Waals surface area contributed by atoms with Crippen molar-refractivity contribution in [2.75, 3.05) is 20.6 Å². The van der Waals surface area contributed by atoms with Crippen LogP contribution < -0.4 is 0 Å². The molecule has 5 N–H and O–H groups in total. The Labute approximate surface area is 171 Å². The van der Waals surface area contributed by atoms with Gasteiger partial charge in [0.1, 0.15) is 16.7 Å². The van der Waals surface area contributed by atoms with Gasteiger partial charge in [-0.15, -0.1) is 0 Å². The van der Waals surface area contributed by atoms with Crippen LogP contribution in [0.5, 0.6) is 11.8 Å². The van der Waals surface area contributed by atoms with Gasteiger partial charge in [0.2, 0.25) is 11.8 Å². The molecule has 1 radical (unpaired) electrons. The molecule has 0 aliphatic carbocycles. The minimum atomic E-state index is -0.0993. The van der Waals surface area contributed by atoms with Crippen molar-refractivity contribution in [1.29, 1.82) is 0 Å². The normalized spacial score (nSPS) is 11.8. The molecular formula is C21H20N7O2. The Hall–Kier alpha value is -3.85. The molecule has 9 heteroatoms. The molecule has 9 nitrogen and oxygen atoms in total. The van der Waals surface area contributed by atoms with E-state index in [-0.39, 0.29) is 11.8 Å². The molecule has 0 bridgehead atoms. The molecule has 0 saturated heterocycles. The molecule has 0 saturated carbocycles. The number of imidazole rings is 1. The summed E-state index contributed by atoms with van der Waals surface area (Å²) in [5.74, 6) is -0.192. The number of aromatic nitrogens is 6. The Kier molecular flexibility index (Phi) is 4.18. The molecule has 0 aliphatic rings. The van der Waals surface area contributed by atoms with Crippen LogP contribution in [0.25, 0.3) is 44.6 Å². The second kappa shape index (κ2) is 6.89. The zero-order chi connectivity index (χ0) is 20.8. The van der Waals surface area contributed by atoms with Crippen molar-refractivity contribution in [3.63, 3.8) is 0 Å². The summed E-state index contributed by atoms with van der Waals surface area (Å²) in [5.41, 5.74) is 4.29. The molecule has 5 rings (SSSR count). The zero-order valence-electron chi connectivity index (χ0n) is 16.5. The van der Waals surface area contributed by atoms with Crippen LogP contribution in [-0.4, -0.2) is 65.7 Å². The first-order valence-corrected chi connectivity index (χ1v) is 9.50. The number of fused-ring (bicyclic) bond motifs is 2. The summed E-state index contributed by atoms with van der Waals surface area (Å²) in [6.07, 6.45) is 7.01. The van der Waals surface area contributed by atoms with E-state index in [4.69, 9.17) is 0 Å². The highest BCUT2D eigenvalue weighted by atomic mass is 16.3. The molecule has 0 unspecified atom stereocenters. The number of H-pyrrole nitrogens is 3. The van der Waals surface area contributed by atoms with Crippen molar-refractivity contribution in [1.82, 2.24) is 34.8 Å². The third-order valence-corrected chi connectivity index (χ3v) is 5.20. The van der Waals surface area contributed by atoms with Gasteiger partial charge in [0.05, 0.1) is 17.1 Å². The topological polar surface area (TPSA) is 130 Å². The van der Waals surface area contributed by atoms with E-state index in [1.54, 1.807) is 12.4 Å². The summed E-state index contributed by atoms with van der Waals surface area (Å²) in [6, 6.07) is 5.64. The molecule has 0 aliphatic heterocycles. The highest BCUT2D eigenvalue weighted by Crippen LogP contribution is 2.37. The fraction of sp³-hybridized carbons (Fsp3) is 0.190. The van der Waals surface area contributed by atoms with Gasteiger partial charge in [-0.1, -0.05) is 0 Å². The summed E-state index contributed by atoms with van der Waals surface area (Å²) in [6.45, 7) is 0.803. The molecule has 151 valence electrons. The standard InChI is InChI=1S/C21H20N7O2/c1-28(2)8-5-13-12-4-7-23-17(12)21(30)27-16(13)19-18(24-10-25-19)14-9-11-3-6-22-15(11)20(29)26-14/h3-4,6-7,9,22-23H,5,8H2,1-2H3,(H,24,25)(H,26,29)(H,27,30). The van der Waals surface area contributed by atoms with E-state index >= 15 is 0 Å². The highest BCUT2D eigenvalue weighted by Gasteiger charge is 2.22. The molecule has 0 atom stereocenters. The first-order valence-electron chi connectivity index (χ1n) is 9.50. The number of aromatic hydroxyl groups is 2. The van der Waals surface area contributed by atoms with Crippen LogP contribution in [0.15, 0.2) is 30.6 Å². The monoisotopic (exact) mass is 402 g/mol. The van der Waals surface area contributed by atoms with Crippen molar-refractivity contribution >= 4 is 21.8 Å². The predicted octanol–water partition coefficient (Wildman–Crippen LogP) is 2.81. The van der Waals surface area contributed by atoms with E-state index < -0.39 is 0 Å². The Morgan fingerprint density at radius 3 is 2.60 bits per heavy atom. The zero-order valence-corrected chi connectivity index (χ0v) is 16.5. The molecule has 5 heterocycles. The van der Waals surface area contributed by atoms with Crippen molar-refractivity contribution < 1.29 is 10.2 Å². The Bertz CT molecular complexity index is 1360. The third-order valence-electron chi connectivity index (χ3n) is 5.20. The van der Waals surface area contributed by atoms with Crippen molar-refractivity contribution in [3.05, 3.63) is 42.5 Å². The number of aromatic amines is 3. The molecule has 0 spiro atoms. The number of nitrogens with one attached hydrogen (secondary N) is 3. The largest absolute Gasteiger partial charge is 0.492 e. The van der Waals surface area contributed by atoms with Gasteiger partial charge in [-0.25, -0.2) is 15.0 Å². The third kappa shape index (κ3) is 2.87. The van der Waals surface area contributed by atoms with E-state index in [1.165, 1.54) is 0 Å². The Morgan fingerprint density at radius 1 is 1.00 bits per heavy atom. The second-order valence-corrected chi connectivity index (χ2v) is 7.43. The number of rotatable bonds is 5. The summed E-state index contributed by atoms with van der Waals surface area (Å²) in [5, 5.41) is 22.5. The van der Waals surface area contributed by atoms with Crippen LogP contribution >= 0.6 is 0 Å². The van der Waals surface area contributed by atoms with Crippen molar-refractivity contribution in [2.45, 2.75) is 6.42 Å². The van der Waals surface area contributed by atoms with Crippen LogP contribution in [-0.2, 0) is 6.42 Å². The molecule has 0 aromatic carbocycles. The van der Waals surface area contributed by atoms with E-state index in [2.05, 4.69) is 41.1 Å². The maximum Gasteiger partial charge on any atom is 0.236 e. The van der Waals surface area contributed by atoms with Gasteiger partial charge < -0.3 is 30.1 Å². The van der Waals surface area contributed by atoms with Crippen molar-refractivity contribution in [3.8, 4) is 34.5 Å². The second-order valence-electron chi connectivity index (χ2n) is 7.43. The number of nitrogens with zero attached hydrogens (tertiary/aromatic N) is 4. The highest BCUT2D eigenvalue weighted by molar-refractivity contribution is 5.94.